The standard InChI is InChI=1S/C17H18F2O2/c1-21-14-7-5-12(6-8-14)9-13(11-20)10-15-16(18)3-2-4-17(15)19/h2-8,13,20H,9-11H2,1H3. The smallest absolute Gasteiger partial charge is 0.129 e. The lowest BCUT2D eigenvalue weighted by atomic mass is 9.92. The van der Waals surface area contributed by atoms with Crippen molar-refractivity contribution in [2.45, 2.75) is 12.8 Å². The van der Waals surface area contributed by atoms with Crippen molar-refractivity contribution in [2.75, 3.05) is 13.7 Å². The fraction of sp³-hybridized carbons (Fsp3) is 0.294. The lowest BCUT2D eigenvalue weighted by Gasteiger charge is -2.15. The van der Waals surface area contributed by atoms with E-state index in [-0.39, 0.29) is 24.5 Å². The third kappa shape index (κ3) is 4.02. The summed E-state index contributed by atoms with van der Waals surface area (Å²) < 4.78 is 32.4. The molecule has 1 atom stereocenters. The Balaban J connectivity index is 2.09. The molecule has 0 aliphatic heterocycles. The Morgan fingerprint density at radius 1 is 1.00 bits per heavy atom. The van der Waals surface area contributed by atoms with Crippen molar-refractivity contribution < 1.29 is 18.6 Å². The summed E-state index contributed by atoms with van der Waals surface area (Å²) in [5.74, 6) is -0.615. The molecule has 2 aromatic rings. The van der Waals surface area contributed by atoms with E-state index in [0.717, 1.165) is 11.3 Å². The first-order valence-corrected chi connectivity index (χ1v) is 6.80. The highest BCUT2D eigenvalue weighted by atomic mass is 19.1. The molecule has 0 aliphatic rings. The van der Waals surface area contributed by atoms with E-state index in [0.29, 0.717) is 6.42 Å². The predicted octanol–water partition coefficient (Wildman–Crippen LogP) is 3.37. The number of methoxy groups -OCH3 is 1. The van der Waals surface area contributed by atoms with Gasteiger partial charge in [0.1, 0.15) is 17.4 Å². The highest BCUT2D eigenvalue weighted by molar-refractivity contribution is 5.28. The number of rotatable bonds is 6. The van der Waals surface area contributed by atoms with Gasteiger partial charge in [-0.05, 0) is 48.6 Å². The number of aliphatic hydroxyl groups excluding tert-OH is 1. The molecule has 0 fully saturated rings. The molecule has 2 nitrogen and oxygen atoms in total. The van der Waals surface area contributed by atoms with E-state index >= 15 is 0 Å². The van der Waals surface area contributed by atoms with Crippen LogP contribution >= 0.6 is 0 Å². The van der Waals surface area contributed by atoms with Crippen molar-refractivity contribution >= 4 is 0 Å². The van der Waals surface area contributed by atoms with E-state index in [2.05, 4.69) is 0 Å². The van der Waals surface area contributed by atoms with Crippen LogP contribution in [0.15, 0.2) is 42.5 Å². The van der Waals surface area contributed by atoms with Crippen molar-refractivity contribution in [3.05, 3.63) is 65.2 Å². The Hall–Kier alpha value is -1.94. The second-order valence-electron chi connectivity index (χ2n) is 5.01. The molecule has 112 valence electrons. The summed E-state index contributed by atoms with van der Waals surface area (Å²) in [6.45, 7) is -0.125. The zero-order valence-electron chi connectivity index (χ0n) is 11.9. The molecule has 0 aromatic heterocycles. The van der Waals surface area contributed by atoms with Crippen molar-refractivity contribution in [3.8, 4) is 5.75 Å². The van der Waals surface area contributed by atoms with Crippen LogP contribution in [0.4, 0.5) is 8.78 Å². The molecule has 0 heterocycles. The third-order valence-electron chi connectivity index (χ3n) is 3.50. The molecule has 0 radical (unpaired) electrons. The van der Waals surface area contributed by atoms with E-state index in [9.17, 15) is 13.9 Å². The average molecular weight is 292 g/mol. The van der Waals surface area contributed by atoms with Gasteiger partial charge in [-0.3, -0.25) is 0 Å². The summed E-state index contributed by atoms with van der Waals surface area (Å²) in [5.41, 5.74) is 1.02. The first-order chi connectivity index (χ1) is 10.1. The first-order valence-electron chi connectivity index (χ1n) is 6.80. The van der Waals surface area contributed by atoms with Gasteiger partial charge in [0.2, 0.25) is 0 Å². The van der Waals surface area contributed by atoms with E-state index in [1.54, 1.807) is 7.11 Å². The van der Waals surface area contributed by atoms with Crippen LogP contribution in [0.5, 0.6) is 5.75 Å². The number of ether oxygens (including phenoxy) is 1. The summed E-state index contributed by atoms with van der Waals surface area (Å²) in [5, 5.41) is 9.46. The second-order valence-corrected chi connectivity index (χ2v) is 5.01. The predicted molar refractivity (Wildman–Crippen MR) is 77.3 cm³/mol. The summed E-state index contributed by atoms with van der Waals surface area (Å²) in [7, 11) is 1.59. The van der Waals surface area contributed by atoms with Gasteiger partial charge in [0.25, 0.3) is 0 Å². The summed E-state index contributed by atoms with van der Waals surface area (Å²) in [6.07, 6.45) is 0.718. The van der Waals surface area contributed by atoms with E-state index in [4.69, 9.17) is 4.74 Å². The topological polar surface area (TPSA) is 29.5 Å². The van der Waals surface area contributed by atoms with Gasteiger partial charge in [-0.25, -0.2) is 8.78 Å². The largest absolute Gasteiger partial charge is 0.497 e. The molecular formula is C17H18F2O2. The molecular weight excluding hydrogens is 274 g/mol. The van der Waals surface area contributed by atoms with E-state index in [1.807, 2.05) is 24.3 Å². The van der Waals surface area contributed by atoms with Crippen LogP contribution in [-0.2, 0) is 12.8 Å². The van der Waals surface area contributed by atoms with Crippen molar-refractivity contribution in [1.82, 2.24) is 0 Å². The van der Waals surface area contributed by atoms with Gasteiger partial charge in [0.15, 0.2) is 0 Å². The molecule has 0 amide bonds. The lowest BCUT2D eigenvalue weighted by Crippen LogP contribution is -2.15. The van der Waals surface area contributed by atoms with Gasteiger partial charge >= 0.3 is 0 Å². The fourth-order valence-electron chi connectivity index (χ4n) is 2.31. The minimum absolute atomic E-state index is 0.0325. The number of aliphatic hydroxyl groups is 1. The first kappa shape index (κ1) is 15.4. The van der Waals surface area contributed by atoms with Gasteiger partial charge in [-0.1, -0.05) is 18.2 Å². The van der Waals surface area contributed by atoms with Crippen molar-refractivity contribution in [1.29, 1.82) is 0 Å². The molecule has 1 unspecified atom stereocenters. The van der Waals surface area contributed by atoms with Crippen LogP contribution in [0.25, 0.3) is 0 Å². The van der Waals surface area contributed by atoms with Crippen LogP contribution in [0.1, 0.15) is 11.1 Å². The Kier molecular flexibility index (Phi) is 5.28. The molecule has 0 saturated heterocycles. The van der Waals surface area contributed by atoms with E-state index in [1.165, 1.54) is 18.2 Å². The highest BCUT2D eigenvalue weighted by Gasteiger charge is 2.16. The van der Waals surface area contributed by atoms with E-state index < -0.39 is 11.6 Å². The van der Waals surface area contributed by atoms with Gasteiger partial charge in [0.05, 0.1) is 7.11 Å². The summed E-state index contributed by atoms with van der Waals surface area (Å²) in [4.78, 5) is 0. The molecule has 4 heteroatoms. The maximum atomic E-state index is 13.6. The van der Waals surface area contributed by atoms with Crippen molar-refractivity contribution in [2.24, 2.45) is 5.92 Å². The van der Waals surface area contributed by atoms with Gasteiger partial charge < -0.3 is 9.84 Å². The zero-order valence-corrected chi connectivity index (χ0v) is 11.9. The fourth-order valence-corrected chi connectivity index (χ4v) is 2.31. The Bertz CT molecular complexity index is 562. The highest BCUT2D eigenvalue weighted by Crippen LogP contribution is 2.20. The summed E-state index contributed by atoms with van der Waals surface area (Å²) >= 11 is 0. The molecule has 0 spiro atoms. The molecule has 0 bridgehead atoms. The summed E-state index contributed by atoms with van der Waals surface area (Å²) in [6, 6.07) is 11.2. The van der Waals surface area contributed by atoms with Crippen LogP contribution in [0.3, 0.4) is 0 Å². The number of benzene rings is 2. The maximum absolute atomic E-state index is 13.6. The van der Waals surface area contributed by atoms with Gasteiger partial charge in [-0.15, -0.1) is 0 Å². The van der Waals surface area contributed by atoms with Crippen LogP contribution in [-0.4, -0.2) is 18.8 Å². The normalized spacial score (nSPS) is 12.2. The Morgan fingerprint density at radius 3 is 2.14 bits per heavy atom. The molecule has 2 rings (SSSR count). The molecule has 0 aliphatic carbocycles. The lowest BCUT2D eigenvalue weighted by molar-refractivity contribution is 0.223. The monoisotopic (exact) mass is 292 g/mol. The minimum atomic E-state index is -0.566. The maximum Gasteiger partial charge on any atom is 0.129 e. The van der Waals surface area contributed by atoms with Crippen LogP contribution < -0.4 is 4.74 Å². The Morgan fingerprint density at radius 2 is 1.62 bits per heavy atom. The van der Waals surface area contributed by atoms with Crippen molar-refractivity contribution in [3.63, 3.8) is 0 Å². The number of halogens is 2. The second kappa shape index (κ2) is 7.18. The molecule has 1 N–H and O–H groups in total. The molecule has 0 saturated carbocycles. The average Bonchev–Trinajstić information content (AvgIpc) is 2.50. The molecule has 2 aromatic carbocycles. The third-order valence-corrected chi connectivity index (χ3v) is 3.50. The molecule has 21 heavy (non-hydrogen) atoms. The zero-order chi connectivity index (χ0) is 15.2. The quantitative estimate of drug-likeness (QED) is 0.884. The number of hydrogen-bond acceptors (Lipinski definition) is 2. The van der Waals surface area contributed by atoms with Crippen LogP contribution in [0, 0.1) is 17.6 Å². The van der Waals surface area contributed by atoms with Crippen LogP contribution in [0.2, 0.25) is 0 Å². The SMILES string of the molecule is COc1ccc(CC(CO)Cc2c(F)cccc2F)cc1. The Labute approximate surface area is 123 Å². The minimum Gasteiger partial charge on any atom is -0.497 e. The number of hydrogen-bond donors (Lipinski definition) is 1. The van der Waals surface area contributed by atoms with Gasteiger partial charge in [0, 0.05) is 12.2 Å². The van der Waals surface area contributed by atoms with Gasteiger partial charge in [-0.2, -0.15) is 0 Å².